The molecule has 2 heterocycles. The Bertz CT molecular complexity index is 1270. The van der Waals surface area contributed by atoms with Crippen LogP contribution in [0.25, 0.3) is 22.3 Å². The van der Waals surface area contributed by atoms with Crippen LogP contribution in [0.3, 0.4) is 0 Å². The fraction of sp³-hybridized carbons (Fsp3) is 0. The van der Waals surface area contributed by atoms with Crippen LogP contribution in [0.15, 0.2) is 72.9 Å². The number of benzene rings is 2. The van der Waals surface area contributed by atoms with E-state index in [0.717, 1.165) is 9.50 Å². The SMILES string of the molecule is C=CS(=O)(=O)n1nc(-c2ccc(Oc3ccccc3)cc2)c2c(N)ncnc21. The van der Waals surface area contributed by atoms with Crippen LogP contribution >= 0.6 is 0 Å². The lowest BCUT2D eigenvalue weighted by molar-refractivity contribution is 0.483. The molecule has 2 N–H and O–H groups in total. The summed E-state index contributed by atoms with van der Waals surface area (Å²) in [5, 5.41) is 5.37. The third kappa shape index (κ3) is 3.08. The maximum Gasteiger partial charge on any atom is 0.277 e. The molecule has 0 saturated heterocycles. The van der Waals surface area contributed by atoms with E-state index in [-0.39, 0.29) is 11.5 Å². The molecule has 0 aliphatic rings. The van der Waals surface area contributed by atoms with Gasteiger partial charge in [-0.25, -0.2) is 9.97 Å². The second kappa shape index (κ2) is 6.78. The van der Waals surface area contributed by atoms with Gasteiger partial charge in [-0.1, -0.05) is 24.8 Å². The van der Waals surface area contributed by atoms with Crippen molar-refractivity contribution >= 4 is 26.9 Å². The van der Waals surface area contributed by atoms with E-state index in [4.69, 9.17) is 10.5 Å². The second-order valence-electron chi connectivity index (χ2n) is 5.80. The van der Waals surface area contributed by atoms with Crippen molar-refractivity contribution in [3.63, 3.8) is 0 Å². The summed E-state index contributed by atoms with van der Waals surface area (Å²) >= 11 is 0. The van der Waals surface area contributed by atoms with Crippen molar-refractivity contribution in [2.75, 3.05) is 5.73 Å². The molecular formula is C19H15N5O3S. The van der Waals surface area contributed by atoms with Crippen molar-refractivity contribution in [2.45, 2.75) is 0 Å². The van der Waals surface area contributed by atoms with E-state index < -0.39 is 10.0 Å². The van der Waals surface area contributed by atoms with Crippen LogP contribution in [0.5, 0.6) is 11.5 Å². The van der Waals surface area contributed by atoms with Gasteiger partial charge in [0.2, 0.25) is 0 Å². The van der Waals surface area contributed by atoms with Crippen LogP contribution in [0.4, 0.5) is 5.82 Å². The summed E-state index contributed by atoms with van der Waals surface area (Å²) in [7, 11) is -3.88. The third-order valence-corrected chi connectivity index (χ3v) is 5.18. The molecule has 0 saturated carbocycles. The summed E-state index contributed by atoms with van der Waals surface area (Å²) in [6.45, 7) is 3.33. The highest BCUT2D eigenvalue weighted by molar-refractivity contribution is 7.92. The van der Waals surface area contributed by atoms with E-state index in [1.165, 1.54) is 6.33 Å². The number of nitrogen functional groups attached to an aromatic ring is 1. The lowest BCUT2D eigenvalue weighted by Crippen LogP contribution is -2.11. The maximum absolute atomic E-state index is 12.3. The highest BCUT2D eigenvalue weighted by atomic mass is 32.2. The van der Waals surface area contributed by atoms with Gasteiger partial charge >= 0.3 is 0 Å². The first kappa shape index (κ1) is 17.7. The normalized spacial score (nSPS) is 11.4. The molecule has 0 aliphatic carbocycles. The van der Waals surface area contributed by atoms with Crippen LogP contribution in [0.1, 0.15) is 0 Å². The number of hydrogen-bond donors (Lipinski definition) is 1. The topological polar surface area (TPSA) is 113 Å². The van der Waals surface area contributed by atoms with Gasteiger partial charge in [0.15, 0.2) is 5.65 Å². The predicted molar refractivity (Wildman–Crippen MR) is 106 cm³/mol. The molecule has 2 aromatic carbocycles. The fourth-order valence-electron chi connectivity index (χ4n) is 2.71. The van der Waals surface area contributed by atoms with E-state index in [0.29, 0.717) is 28.1 Å². The lowest BCUT2D eigenvalue weighted by atomic mass is 10.1. The molecule has 0 fully saturated rings. The van der Waals surface area contributed by atoms with Gasteiger partial charge in [0.1, 0.15) is 29.3 Å². The van der Waals surface area contributed by atoms with Crippen molar-refractivity contribution in [2.24, 2.45) is 0 Å². The number of aromatic nitrogens is 4. The van der Waals surface area contributed by atoms with Crippen molar-refractivity contribution in [1.29, 1.82) is 0 Å². The Morgan fingerprint density at radius 1 is 1.00 bits per heavy atom. The quantitative estimate of drug-likeness (QED) is 0.554. The third-order valence-electron chi connectivity index (χ3n) is 4.02. The number of rotatable bonds is 5. The van der Waals surface area contributed by atoms with Crippen molar-refractivity contribution < 1.29 is 13.2 Å². The highest BCUT2D eigenvalue weighted by Crippen LogP contribution is 2.32. The molecule has 0 atom stereocenters. The average Bonchev–Trinajstić information content (AvgIpc) is 3.11. The zero-order valence-corrected chi connectivity index (χ0v) is 15.4. The van der Waals surface area contributed by atoms with Crippen LogP contribution in [-0.4, -0.2) is 27.6 Å². The van der Waals surface area contributed by atoms with Crippen molar-refractivity contribution in [3.05, 3.63) is 72.9 Å². The second-order valence-corrected chi connectivity index (χ2v) is 7.51. The average molecular weight is 393 g/mol. The standard InChI is InChI=1S/C19H15N5O3S/c1-2-28(25,26)24-19-16(18(20)21-12-22-19)17(23-24)13-8-10-15(11-9-13)27-14-6-4-3-5-7-14/h2-12H,1H2,(H2,20,21,22). The monoisotopic (exact) mass is 393 g/mol. The smallest absolute Gasteiger partial charge is 0.277 e. The molecule has 28 heavy (non-hydrogen) atoms. The number of anilines is 1. The number of nitrogens with two attached hydrogens (primary N) is 1. The van der Waals surface area contributed by atoms with Gasteiger partial charge in [0.25, 0.3) is 10.0 Å². The summed E-state index contributed by atoms with van der Waals surface area (Å²) in [6.07, 6.45) is 1.19. The summed E-state index contributed by atoms with van der Waals surface area (Å²) in [5.74, 6) is 1.47. The molecule has 0 aliphatic heterocycles. The Hall–Kier alpha value is -3.72. The number of hydrogen-bond acceptors (Lipinski definition) is 7. The van der Waals surface area contributed by atoms with Crippen LogP contribution in [-0.2, 0) is 10.0 Å². The molecule has 0 bridgehead atoms. The largest absolute Gasteiger partial charge is 0.457 e. The van der Waals surface area contributed by atoms with E-state index >= 15 is 0 Å². The molecule has 8 nitrogen and oxygen atoms in total. The van der Waals surface area contributed by atoms with Crippen LogP contribution in [0.2, 0.25) is 0 Å². The molecule has 140 valence electrons. The van der Waals surface area contributed by atoms with Gasteiger partial charge in [-0.3, -0.25) is 0 Å². The van der Waals surface area contributed by atoms with E-state index in [1.807, 2.05) is 30.3 Å². The Labute approximate surface area is 161 Å². The first-order valence-electron chi connectivity index (χ1n) is 8.20. The summed E-state index contributed by atoms with van der Waals surface area (Å²) < 4.78 is 31.2. The first-order valence-corrected chi connectivity index (χ1v) is 9.70. The molecule has 9 heteroatoms. The van der Waals surface area contributed by atoms with Crippen LogP contribution < -0.4 is 10.5 Å². The van der Waals surface area contributed by atoms with Gasteiger partial charge in [0, 0.05) is 11.0 Å². The minimum absolute atomic E-state index is 0.0898. The molecule has 0 spiro atoms. The van der Waals surface area contributed by atoms with Gasteiger partial charge in [-0.05, 0) is 36.4 Å². The number of para-hydroxylation sites is 1. The molecular weight excluding hydrogens is 378 g/mol. The fourth-order valence-corrected chi connectivity index (χ4v) is 3.42. The van der Waals surface area contributed by atoms with Gasteiger partial charge in [-0.15, -0.1) is 4.09 Å². The molecule has 4 aromatic rings. The molecule has 4 rings (SSSR count). The Morgan fingerprint density at radius 3 is 2.36 bits per heavy atom. The molecule has 0 unspecified atom stereocenters. The first-order chi connectivity index (χ1) is 13.5. The number of ether oxygens (including phenoxy) is 1. The summed E-state index contributed by atoms with van der Waals surface area (Å²) in [5.41, 5.74) is 7.06. The molecule has 2 aromatic heterocycles. The van der Waals surface area contributed by atoms with Gasteiger partial charge < -0.3 is 10.5 Å². The zero-order chi connectivity index (χ0) is 19.7. The Kier molecular flexibility index (Phi) is 4.28. The zero-order valence-electron chi connectivity index (χ0n) is 14.6. The predicted octanol–water partition coefficient (Wildman–Crippen LogP) is 3.19. The van der Waals surface area contributed by atoms with Crippen molar-refractivity contribution in [3.8, 4) is 22.8 Å². The van der Waals surface area contributed by atoms with E-state index in [9.17, 15) is 8.42 Å². The van der Waals surface area contributed by atoms with Gasteiger partial charge in [-0.2, -0.15) is 13.5 Å². The minimum Gasteiger partial charge on any atom is -0.457 e. The van der Waals surface area contributed by atoms with Crippen molar-refractivity contribution in [1.82, 2.24) is 19.2 Å². The summed E-state index contributed by atoms with van der Waals surface area (Å²) in [6, 6.07) is 16.4. The molecule has 0 radical (unpaired) electrons. The molecule has 0 amide bonds. The number of nitrogens with zero attached hydrogens (tertiary/aromatic N) is 4. The maximum atomic E-state index is 12.3. The van der Waals surface area contributed by atoms with E-state index in [2.05, 4.69) is 21.6 Å². The lowest BCUT2D eigenvalue weighted by Gasteiger charge is -2.06. The Balaban J connectivity index is 1.80. The van der Waals surface area contributed by atoms with Gasteiger partial charge in [0.05, 0.1) is 5.39 Å². The minimum atomic E-state index is -3.88. The van der Waals surface area contributed by atoms with E-state index in [1.54, 1.807) is 24.3 Å². The Morgan fingerprint density at radius 2 is 1.68 bits per heavy atom. The number of fused-ring (bicyclic) bond motifs is 1. The summed E-state index contributed by atoms with van der Waals surface area (Å²) in [4.78, 5) is 7.99. The van der Waals surface area contributed by atoms with Crippen LogP contribution in [0, 0.1) is 0 Å². The highest BCUT2D eigenvalue weighted by Gasteiger charge is 2.22.